The summed E-state index contributed by atoms with van der Waals surface area (Å²) in [5, 5.41) is 6.43. The van der Waals surface area contributed by atoms with Gasteiger partial charge in [0.1, 0.15) is 17.2 Å². The van der Waals surface area contributed by atoms with Gasteiger partial charge in [0.15, 0.2) is 17.3 Å². The number of benzene rings is 3. The first kappa shape index (κ1) is 29.6. The van der Waals surface area contributed by atoms with Crippen LogP contribution in [0.5, 0.6) is 28.7 Å². The molecule has 2 unspecified atom stereocenters. The number of carbonyl (C=O) groups excluding carboxylic acids is 2. The summed E-state index contributed by atoms with van der Waals surface area (Å²) in [6.45, 7) is 1.85. The molecule has 0 bridgehead atoms. The molecule has 9 heteroatoms. The van der Waals surface area contributed by atoms with E-state index < -0.39 is 5.92 Å². The van der Waals surface area contributed by atoms with E-state index in [1.165, 1.54) is 0 Å². The van der Waals surface area contributed by atoms with E-state index in [1.54, 1.807) is 59.8 Å². The molecule has 3 aromatic carbocycles. The Balaban J connectivity index is 1.61. The first-order chi connectivity index (χ1) is 20.8. The molecule has 9 nitrogen and oxygen atoms in total. The predicted molar refractivity (Wildman–Crippen MR) is 163 cm³/mol. The summed E-state index contributed by atoms with van der Waals surface area (Å²) < 4.78 is 27.7. The molecule has 3 aromatic rings. The number of anilines is 1. The van der Waals surface area contributed by atoms with Crippen molar-refractivity contribution in [2.75, 3.05) is 40.9 Å². The van der Waals surface area contributed by atoms with Gasteiger partial charge in [-0.05, 0) is 67.3 Å². The van der Waals surface area contributed by atoms with Gasteiger partial charge in [0, 0.05) is 34.5 Å². The van der Waals surface area contributed by atoms with E-state index in [9.17, 15) is 9.59 Å². The summed E-state index contributed by atoms with van der Waals surface area (Å²) in [5.74, 6) is 1.69. The van der Waals surface area contributed by atoms with Crippen LogP contribution in [0.4, 0.5) is 5.69 Å². The van der Waals surface area contributed by atoms with Crippen molar-refractivity contribution >= 4 is 17.4 Å². The largest absolute Gasteiger partial charge is 0.497 e. The van der Waals surface area contributed by atoms with E-state index in [2.05, 4.69) is 10.6 Å². The maximum absolute atomic E-state index is 14.2. The highest BCUT2D eigenvalue weighted by Gasteiger charge is 2.42. The molecule has 224 valence electrons. The molecule has 1 aliphatic carbocycles. The van der Waals surface area contributed by atoms with Crippen molar-refractivity contribution in [1.29, 1.82) is 0 Å². The average Bonchev–Trinajstić information content (AvgIpc) is 3.03. The molecule has 0 aromatic heterocycles. The van der Waals surface area contributed by atoms with Crippen molar-refractivity contribution in [2.24, 2.45) is 0 Å². The number of hydrogen-bond donors (Lipinski definition) is 2. The number of allylic oxidation sites excluding steroid dienone is 3. The van der Waals surface area contributed by atoms with Crippen molar-refractivity contribution in [3.8, 4) is 28.7 Å². The number of Topliss-reactive ketones (excluding diaryl/α,β-unsaturated/α-hetero) is 1. The van der Waals surface area contributed by atoms with Gasteiger partial charge < -0.3 is 34.3 Å². The van der Waals surface area contributed by atoms with E-state index in [0.717, 1.165) is 11.3 Å². The highest BCUT2D eigenvalue weighted by molar-refractivity contribution is 6.10. The zero-order chi connectivity index (χ0) is 30.7. The first-order valence-electron chi connectivity index (χ1n) is 14.0. The fourth-order valence-corrected chi connectivity index (χ4v) is 6.00. The lowest BCUT2D eigenvalue weighted by molar-refractivity contribution is -0.116. The van der Waals surface area contributed by atoms with Crippen LogP contribution in [0.15, 0.2) is 83.2 Å². The van der Waals surface area contributed by atoms with Crippen molar-refractivity contribution in [1.82, 2.24) is 5.32 Å². The van der Waals surface area contributed by atoms with Gasteiger partial charge in [0.2, 0.25) is 0 Å². The molecular weight excluding hydrogens is 548 g/mol. The average molecular weight is 585 g/mol. The zero-order valence-electron chi connectivity index (χ0n) is 25.2. The Hall–Kier alpha value is -4.92. The first-order valence-corrected chi connectivity index (χ1v) is 14.0. The fourth-order valence-electron chi connectivity index (χ4n) is 6.00. The number of methoxy groups -OCH3 is 5. The number of dihydropyridines is 1. The van der Waals surface area contributed by atoms with Gasteiger partial charge in [-0.1, -0.05) is 18.2 Å². The van der Waals surface area contributed by atoms with Gasteiger partial charge in [-0.2, -0.15) is 0 Å². The van der Waals surface area contributed by atoms with E-state index in [1.807, 2.05) is 43.3 Å². The van der Waals surface area contributed by atoms with Crippen LogP contribution < -0.4 is 34.3 Å². The lowest BCUT2D eigenvalue weighted by Crippen LogP contribution is -2.37. The van der Waals surface area contributed by atoms with E-state index in [-0.39, 0.29) is 24.0 Å². The van der Waals surface area contributed by atoms with Gasteiger partial charge in [-0.15, -0.1) is 0 Å². The summed E-state index contributed by atoms with van der Waals surface area (Å²) in [7, 11) is 7.88. The van der Waals surface area contributed by atoms with Gasteiger partial charge in [0.25, 0.3) is 5.91 Å². The van der Waals surface area contributed by atoms with Crippen LogP contribution >= 0.6 is 0 Å². The Labute approximate surface area is 251 Å². The van der Waals surface area contributed by atoms with Crippen molar-refractivity contribution < 1.29 is 33.3 Å². The minimum Gasteiger partial charge on any atom is -0.497 e. The van der Waals surface area contributed by atoms with Crippen LogP contribution in [-0.2, 0) is 9.59 Å². The third-order valence-corrected chi connectivity index (χ3v) is 8.05. The van der Waals surface area contributed by atoms with Crippen LogP contribution in [0.3, 0.4) is 0 Å². The van der Waals surface area contributed by atoms with Crippen LogP contribution in [0.2, 0.25) is 0 Å². The second kappa shape index (κ2) is 12.5. The molecule has 2 aliphatic rings. The van der Waals surface area contributed by atoms with E-state index in [0.29, 0.717) is 63.3 Å². The topological polar surface area (TPSA) is 104 Å². The third-order valence-electron chi connectivity index (χ3n) is 8.05. The molecule has 0 saturated carbocycles. The Morgan fingerprint density at radius 3 is 2.19 bits per heavy atom. The zero-order valence-corrected chi connectivity index (χ0v) is 25.2. The summed E-state index contributed by atoms with van der Waals surface area (Å²) in [6, 6.07) is 18.3. The molecular formula is C34H36N2O7. The lowest BCUT2D eigenvalue weighted by atomic mass is 9.71. The molecule has 1 aliphatic heterocycles. The Morgan fingerprint density at radius 2 is 1.49 bits per heavy atom. The van der Waals surface area contributed by atoms with Gasteiger partial charge in [0.05, 0.1) is 47.2 Å². The van der Waals surface area contributed by atoms with E-state index >= 15 is 0 Å². The molecule has 1 heterocycles. The normalized spacial score (nSPS) is 18.0. The third kappa shape index (κ3) is 5.62. The Kier molecular flexibility index (Phi) is 8.61. The van der Waals surface area contributed by atoms with E-state index in [4.69, 9.17) is 23.7 Å². The van der Waals surface area contributed by atoms with Crippen molar-refractivity contribution in [3.63, 3.8) is 0 Å². The standard InChI is InChI=1S/C34H36N2O7/c1-19-31(34(38)36-24-9-7-8-10-28(24)41-4)32(23-18-22(39-2)12-14-27(23)40-3)33-25(35-19)15-21(16-26(33)37)20-11-13-29(42-5)30(17-20)43-6/h7-14,17-18,21,32,35H,15-16H2,1-6H3,(H,36,38). The highest BCUT2D eigenvalue weighted by Crippen LogP contribution is 2.49. The second-order valence-corrected chi connectivity index (χ2v) is 10.4. The quantitative estimate of drug-likeness (QED) is 0.329. The van der Waals surface area contributed by atoms with Gasteiger partial charge in [-0.25, -0.2) is 0 Å². The fraction of sp³-hybridized carbons (Fsp3) is 0.294. The maximum Gasteiger partial charge on any atom is 0.254 e. The number of para-hydroxylation sites is 2. The molecule has 43 heavy (non-hydrogen) atoms. The van der Waals surface area contributed by atoms with Gasteiger partial charge >= 0.3 is 0 Å². The molecule has 0 spiro atoms. The number of amides is 1. The molecule has 2 N–H and O–H groups in total. The summed E-state index contributed by atoms with van der Waals surface area (Å²) in [4.78, 5) is 28.2. The molecule has 0 saturated heterocycles. The van der Waals surface area contributed by atoms with Crippen molar-refractivity contribution in [2.45, 2.75) is 31.6 Å². The van der Waals surface area contributed by atoms with Crippen LogP contribution in [-0.4, -0.2) is 47.2 Å². The number of ketones is 1. The monoisotopic (exact) mass is 584 g/mol. The molecule has 0 radical (unpaired) electrons. The molecule has 5 rings (SSSR count). The van der Waals surface area contributed by atoms with Gasteiger partial charge in [-0.3, -0.25) is 9.59 Å². The summed E-state index contributed by atoms with van der Waals surface area (Å²) >= 11 is 0. The summed E-state index contributed by atoms with van der Waals surface area (Å²) in [6.07, 6.45) is 0.831. The number of rotatable bonds is 9. The smallest absolute Gasteiger partial charge is 0.254 e. The number of nitrogens with one attached hydrogen (secondary N) is 2. The minimum absolute atomic E-state index is 0.0569. The van der Waals surface area contributed by atoms with Crippen molar-refractivity contribution in [3.05, 3.63) is 94.3 Å². The lowest BCUT2D eigenvalue weighted by Gasteiger charge is -2.37. The highest BCUT2D eigenvalue weighted by atomic mass is 16.5. The van der Waals surface area contributed by atoms with Crippen LogP contribution in [0.1, 0.15) is 42.7 Å². The van der Waals surface area contributed by atoms with Crippen LogP contribution in [0, 0.1) is 0 Å². The Morgan fingerprint density at radius 1 is 0.791 bits per heavy atom. The number of ether oxygens (including phenoxy) is 5. The SMILES string of the molecule is COc1ccc(OC)c(C2C(C(=O)Nc3ccccc3OC)=C(C)NC3=C2C(=O)CC(c2ccc(OC)c(OC)c2)C3)c1. The molecule has 1 amide bonds. The maximum atomic E-state index is 14.2. The minimum atomic E-state index is -0.699. The Bertz CT molecular complexity index is 1620. The number of hydrogen-bond acceptors (Lipinski definition) is 8. The molecule has 0 fully saturated rings. The molecule has 2 atom stereocenters. The number of carbonyl (C=O) groups is 2. The second-order valence-electron chi connectivity index (χ2n) is 10.4. The summed E-state index contributed by atoms with van der Waals surface area (Å²) in [5.41, 5.74) is 4.52. The predicted octanol–water partition coefficient (Wildman–Crippen LogP) is 5.73. The van der Waals surface area contributed by atoms with Crippen LogP contribution in [0.25, 0.3) is 0 Å².